The van der Waals surface area contributed by atoms with Crippen LogP contribution in [0.5, 0.6) is 0 Å². The summed E-state index contributed by atoms with van der Waals surface area (Å²) in [5, 5.41) is 10.8. The van der Waals surface area contributed by atoms with Crippen molar-refractivity contribution in [1.29, 1.82) is 0 Å². The lowest BCUT2D eigenvalue weighted by atomic mass is 9.92. The topological polar surface area (TPSA) is 72.0 Å². The second-order valence-corrected chi connectivity index (χ2v) is 4.35. The molecule has 0 spiro atoms. The van der Waals surface area contributed by atoms with Gasteiger partial charge in [0.1, 0.15) is 5.60 Å². The molecule has 0 fully saturated rings. The van der Waals surface area contributed by atoms with Gasteiger partial charge in [0.15, 0.2) is 0 Å². The molecular weight excluding hydrogens is 214 g/mol. The molecule has 0 amide bonds. The summed E-state index contributed by atoms with van der Waals surface area (Å²) in [6.45, 7) is 0. The summed E-state index contributed by atoms with van der Waals surface area (Å²) in [7, 11) is 0. The Morgan fingerprint density at radius 3 is 2.88 bits per heavy atom. The van der Waals surface area contributed by atoms with E-state index in [2.05, 4.69) is 9.97 Å². The molecule has 86 valence electrons. The van der Waals surface area contributed by atoms with Gasteiger partial charge in [-0.25, -0.2) is 0 Å². The molecule has 2 aromatic rings. The van der Waals surface area contributed by atoms with Crippen LogP contribution in [0, 0.1) is 0 Å². The highest BCUT2D eigenvalue weighted by molar-refractivity contribution is 5.44. The molecule has 0 bridgehead atoms. The fourth-order valence-corrected chi connectivity index (χ4v) is 2.49. The van der Waals surface area contributed by atoms with Crippen molar-refractivity contribution in [2.24, 2.45) is 5.73 Å². The van der Waals surface area contributed by atoms with Crippen LogP contribution in [0.1, 0.15) is 29.3 Å². The molecule has 4 heteroatoms. The zero-order chi connectivity index (χ0) is 11.9. The smallest absolute Gasteiger partial charge is 0.135 e. The second kappa shape index (κ2) is 3.61. The van der Waals surface area contributed by atoms with E-state index in [0.717, 1.165) is 11.1 Å². The Bertz CT molecular complexity index is 543. The van der Waals surface area contributed by atoms with Gasteiger partial charge in [0.05, 0.1) is 11.9 Å². The summed E-state index contributed by atoms with van der Waals surface area (Å²) in [5.74, 6) is 0. The zero-order valence-corrected chi connectivity index (χ0v) is 9.24. The maximum absolute atomic E-state index is 10.8. The highest BCUT2D eigenvalue weighted by Gasteiger charge is 2.43. The van der Waals surface area contributed by atoms with Crippen molar-refractivity contribution in [3.8, 4) is 0 Å². The molecule has 1 aromatic heterocycles. The van der Waals surface area contributed by atoms with Gasteiger partial charge < -0.3 is 10.8 Å². The number of hydrogen-bond acceptors (Lipinski definition) is 4. The van der Waals surface area contributed by atoms with Crippen LogP contribution in [0.3, 0.4) is 0 Å². The van der Waals surface area contributed by atoms with E-state index >= 15 is 0 Å². The highest BCUT2D eigenvalue weighted by Crippen LogP contribution is 2.45. The quantitative estimate of drug-likeness (QED) is 0.765. The summed E-state index contributed by atoms with van der Waals surface area (Å²) in [4.78, 5) is 8.21. The molecule has 4 nitrogen and oxygen atoms in total. The average molecular weight is 227 g/mol. The summed E-state index contributed by atoms with van der Waals surface area (Å²) in [5.41, 5.74) is 7.33. The Morgan fingerprint density at radius 2 is 2.12 bits per heavy atom. The lowest BCUT2D eigenvalue weighted by Crippen LogP contribution is -2.26. The molecule has 1 heterocycles. The van der Waals surface area contributed by atoms with Gasteiger partial charge in [-0.15, -0.1) is 0 Å². The predicted octanol–water partition coefficient (Wildman–Crippen LogP) is 1.12. The SMILES string of the molecule is NC1CC(O)(c2cnccn2)c2ccccc21. The largest absolute Gasteiger partial charge is 0.379 e. The normalized spacial score (nSPS) is 26.8. The van der Waals surface area contributed by atoms with Gasteiger partial charge in [-0.2, -0.15) is 0 Å². The minimum absolute atomic E-state index is 0.154. The predicted molar refractivity (Wildman–Crippen MR) is 63.0 cm³/mol. The van der Waals surface area contributed by atoms with E-state index in [1.807, 2.05) is 24.3 Å². The molecule has 0 saturated carbocycles. The van der Waals surface area contributed by atoms with Crippen molar-refractivity contribution in [2.45, 2.75) is 18.1 Å². The molecular formula is C13H13N3O. The van der Waals surface area contributed by atoms with E-state index in [1.165, 1.54) is 0 Å². The number of fused-ring (bicyclic) bond motifs is 1. The van der Waals surface area contributed by atoms with Crippen LogP contribution in [-0.4, -0.2) is 15.1 Å². The van der Waals surface area contributed by atoms with E-state index in [4.69, 9.17) is 5.73 Å². The third-order valence-electron chi connectivity index (χ3n) is 3.31. The Balaban J connectivity index is 2.18. The van der Waals surface area contributed by atoms with Gasteiger partial charge in [0.25, 0.3) is 0 Å². The molecule has 0 radical (unpaired) electrons. The number of aromatic nitrogens is 2. The van der Waals surface area contributed by atoms with Gasteiger partial charge in [0.2, 0.25) is 0 Å². The highest BCUT2D eigenvalue weighted by atomic mass is 16.3. The Morgan fingerprint density at radius 1 is 1.29 bits per heavy atom. The molecule has 3 N–H and O–H groups in total. The molecule has 2 atom stereocenters. The Kier molecular flexibility index (Phi) is 2.21. The first-order valence-electron chi connectivity index (χ1n) is 5.55. The fraction of sp³-hybridized carbons (Fsp3) is 0.231. The minimum Gasteiger partial charge on any atom is -0.379 e. The third kappa shape index (κ3) is 1.45. The van der Waals surface area contributed by atoms with Crippen molar-refractivity contribution >= 4 is 0 Å². The van der Waals surface area contributed by atoms with Gasteiger partial charge in [-0.1, -0.05) is 24.3 Å². The lowest BCUT2D eigenvalue weighted by molar-refractivity contribution is 0.0726. The van der Waals surface area contributed by atoms with Crippen molar-refractivity contribution in [1.82, 2.24) is 9.97 Å². The zero-order valence-electron chi connectivity index (χ0n) is 9.24. The van der Waals surface area contributed by atoms with Crippen LogP contribution in [-0.2, 0) is 5.60 Å². The minimum atomic E-state index is -1.11. The maximum Gasteiger partial charge on any atom is 0.135 e. The summed E-state index contributed by atoms with van der Waals surface area (Å²) >= 11 is 0. The van der Waals surface area contributed by atoms with E-state index < -0.39 is 5.60 Å². The van der Waals surface area contributed by atoms with Crippen molar-refractivity contribution in [2.75, 3.05) is 0 Å². The van der Waals surface area contributed by atoms with Gasteiger partial charge in [-0.3, -0.25) is 9.97 Å². The molecule has 0 saturated heterocycles. The van der Waals surface area contributed by atoms with Crippen molar-refractivity contribution in [3.63, 3.8) is 0 Å². The maximum atomic E-state index is 10.8. The first-order valence-corrected chi connectivity index (χ1v) is 5.55. The van der Waals surface area contributed by atoms with E-state index in [9.17, 15) is 5.11 Å². The monoisotopic (exact) mass is 227 g/mol. The molecule has 1 aliphatic carbocycles. The van der Waals surface area contributed by atoms with Gasteiger partial charge in [0, 0.05) is 24.9 Å². The number of nitrogens with two attached hydrogens (primary N) is 1. The summed E-state index contributed by atoms with van der Waals surface area (Å²) in [6, 6.07) is 7.53. The van der Waals surface area contributed by atoms with Crippen LogP contribution in [0.15, 0.2) is 42.9 Å². The van der Waals surface area contributed by atoms with Crippen LogP contribution in [0.25, 0.3) is 0 Å². The number of hydrogen-bond donors (Lipinski definition) is 2. The van der Waals surface area contributed by atoms with E-state index in [0.29, 0.717) is 12.1 Å². The first-order chi connectivity index (χ1) is 8.22. The van der Waals surface area contributed by atoms with Gasteiger partial charge in [-0.05, 0) is 11.1 Å². The number of rotatable bonds is 1. The second-order valence-electron chi connectivity index (χ2n) is 4.35. The van der Waals surface area contributed by atoms with Crippen LogP contribution >= 0.6 is 0 Å². The molecule has 1 aliphatic rings. The molecule has 0 aliphatic heterocycles. The molecule has 1 aromatic carbocycles. The first kappa shape index (κ1) is 10.4. The average Bonchev–Trinajstić information content (AvgIpc) is 2.65. The fourth-order valence-electron chi connectivity index (χ4n) is 2.49. The summed E-state index contributed by atoms with van der Waals surface area (Å²) < 4.78 is 0. The molecule has 3 rings (SSSR count). The molecule has 2 unspecified atom stereocenters. The van der Waals surface area contributed by atoms with Crippen molar-refractivity contribution < 1.29 is 5.11 Å². The van der Waals surface area contributed by atoms with Crippen LogP contribution in [0.4, 0.5) is 0 Å². The number of aliphatic hydroxyl groups is 1. The number of benzene rings is 1. The van der Waals surface area contributed by atoms with E-state index in [1.54, 1.807) is 18.6 Å². The lowest BCUT2D eigenvalue weighted by Gasteiger charge is -2.22. The van der Waals surface area contributed by atoms with E-state index in [-0.39, 0.29) is 6.04 Å². The van der Waals surface area contributed by atoms with Crippen LogP contribution < -0.4 is 5.73 Å². The summed E-state index contributed by atoms with van der Waals surface area (Å²) in [6.07, 6.45) is 5.22. The third-order valence-corrected chi connectivity index (χ3v) is 3.31. The Labute approximate surface area is 99.2 Å². The van der Waals surface area contributed by atoms with Gasteiger partial charge >= 0.3 is 0 Å². The standard InChI is InChI=1S/C13H13N3O/c14-11-7-13(17,12-8-15-5-6-16-12)10-4-2-1-3-9(10)11/h1-6,8,11,17H,7,14H2. The van der Waals surface area contributed by atoms with Crippen LogP contribution in [0.2, 0.25) is 0 Å². The van der Waals surface area contributed by atoms with Crippen molar-refractivity contribution in [3.05, 3.63) is 59.7 Å². The Hall–Kier alpha value is -1.78. The number of nitrogens with zero attached hydrogens (tertiary/aromatic N) is 2. The molecule has 17 heavy (non-hydrogen) atoms.